The molecule has 32 heavy (non-hydrogen) atoms. The van der Waals surface area contributed by atoms with Crippen LogP contribution in [0.5, 0.6) is 0 Å². The number of nitrogens with one attached hydrogen (secondary N) is 1. The summed E-state index contributed by atoms with van der Waals surface area (Å²) in [7, 11) is -4.15. The van der Waals surface area contributed by atoms with Crippen LogP contribution >= 0.6 is 0 Å². The number of hydrogen-bond donors (Lipinski definition) is 1. The van der Waals surface area contributed by atoms with Gasteiger partial charge < -0.3 is 4.90 Å². The zero-order valence-electron chi connectivity index (χ0n) is 17.3. The number of rotatable bonds is 6. The van der Waals surface area contributed by atoms with Crippen molar-refractivity contribution in [3.8, 4) is 11.3 Å². The van der Waals surface area contributed by atoms with E-state index in [0.29, 0.717) is 11.3 Å². The SMILES string of the molecule is O=[N+]([O-])c1ccccc1S(=O)(=O)Nc1cccc(-c2ccc(N3CCCCCC3)nn2)c1. The fourth-order valence-electron chi connectivity index (χ4n) is 3.74. The summed E-state index contributed by atoms with van der Waals surface area (Å²) >= 11 is 0. The molecule has 10 heteroatoms. The molecule has 0 spiro atoms. The van der Waals surface area contributed by atoms with Crippen molar-refractivity contribution in [2.24, 2.45) is 0 Å². The van der Waals surface area contributed by atoms with Crippen LogP contribution in [0.1, 0.15) is 25.7 Å². The maximum absolute atomic E-state index is 12.8. The van der Waals surface area contributed by atoms with Crippen LogP contribution in [0.15, 0.2) is 65.6 Å². The molecule has 1 aliphatic heterocycles. The van der Waals surface area contributed by atoms with Crippen LogP contribution in [0.2, 0.25) is 0 Å². The number of anilines is 2. The molecule has 0 aliphatic carbocycles. The first-order valence-corrected chi connectivity index (χ1v) is 11.9. The van der Waals surface area contributed by atoms with Crippen molar-refractivity contribution in [2.75, 3.05) is 22.7 Å². The Morgan fingerprint density at radius 3 is 2.34 bits per heavy atom. The van der Waals surface area contributed by atoms with Crippen LogP contribution in [0.3, 0.4) is 0 Å². The van der Waals surface area contributed by atoms with Gasteiger partial charge in [-0.3, -0.25) is 14.8 Å². The van der Waals surface area contributed by atoms with Crippen molar-refractivity contribution in [3.63, 3.8) is 0 Å². The predicted molar refractivity (Wildman–Crippen MR) is 122 cm³/mol. The quantitative estimate of drug-likeness (QED) is 0.438. The van der Waals surface area contributed by atoms with Gasteiger partial charge in [0.25, 0.3) is 15.7 Å². The lowest BCUT2D eigenvalue weighted by Gasteiger charge is -2.20. The van der Waals surface area contributed by atoms with Crippen LogP contribution in [0.4, 0.5) is 17.2 Å². The summed E-state index contributed by atoms with van der Waals surface area (Å²) in [5.41, 5.74) is 1.09. The van der Waals surface area contributed by atoms with E-state index in [9.17, 15) is 18.5 Å². The van der Waals surface area contributed by atoms with Crippen LogP contribution in [0, 0.1) is 10.1 Å². The maximum atomic E-state index is 12.8. The van der Waals surface area contributed by atoms with E-state index in [2.05, 4.69) is 19.8 Å². The smallest absolute Gasteiger partial charge is 0.289 e. The molecular formula is C22H23N5O4S. The number of benzene rings is 2. The fraction of sp³-hybridized carbons (Fsp3) is 0.273. The highest BCUT2D eigenvalue weighted by atomic mass is 32.2. The van der Waals surface area contributed by atoms with Gasteiger partial charge in [-0.15, -0.1) is 10.2 Å². The Kier molecular flexibility index (Phi) is 6.31. The third-order valence-corrected chi connectivity index (χ3v) is 6.77. The summed E-state index contributed by atoms with van der Waals surface area (Å²) in [5, 5.41) is 19.9. The van der Waals surface area contributed by atoms with Gasteiger partial charge in [0.2, 0.25) is 0 Å². The predicted octanol–water partition coefficient (Wildman–Crippen LogP) is 4.23. The number of aromatic nitrogens is 2. The average molecular weight is 454 g/mol. The van der Waals surface area contributed by atoms with E-state index in [1.165, 1.54) is 31.0 Å². The summed E-state index contributed by atoms with van der Waals surface area (Å²) in [4.78, 5) is 12.3. The molecule has 0 atom stereocenters. The Balaban J connectivity index is 1.56. The zero-order chi connectivity index (χ0) is 22.6. The molecule has 1 fully saturated rings. The molecule has 166 valence electrons. The molecule has 0 saturated carbocycles. The molecule has 1 N–H and O–H groups in total. The molecule has 0 unspecified atom stereocenters. The number of nitro groups is 1. The van der Waals surface area contributed by atoms with Crippen molar-refractivity contribution >= 4 is 27.2 Å². The second-order valence-electron chi connectivity index (χ2n) is 7.59. The first-order valence-electron chi connectivity index (χ1n) is 10.4. The van der Waals surface area contributed by atoms with Crippen molar-refractivity contribution < 1.29 is 13.3 Å². The Morgan fingerprint density at radius 2 is 1.66 bits per heavy atom. The molecule has 0 amide bonds. The minimum Gasteiger partial charge on any atom is -0.355 e. The highest BCUT2D eigenvalue weighted by Crippen LogP contribution is 2.27. The second-order valence-corrected chi connectivity index (χ2v) is 9.24. The van der Waals surface area contributed by atoms with Gasteiger partial charge in [0.15, 0.2) is 10.7 Å². The number of sulfonamides is 1. The normalized spacial score (nSPS) is 14.6. The lowest BCUT2D eigenvalue weighted by atomic mass is 10.1. The highest BCUT2D eigenvalue weighted by molar-refractivity contribution is 7.92. The van der Waals surface area contributed by atoms with E-state index in [0.717, 1.165) is 37.8 Å². The molecule has 1 aliphatic rings. The van der Waals surface area contributed by atoms with Gasteiger partial charge in [0, 0.05) is 30.4 Å². The van der Waals surface area contributed by atoms with Gasteiger partial charge in [0.05, 0.1) is 10.6 Å². The Hall–Kier alpha value is -3.53. The third-order valence-electron chi connectivity index (χ3n) is 5.34. The topological polar surface area (TPSA) is 118 Å². The summed E-state index contributed by atoms with van der Waals surface area (Å²) < 4.78 is 28.0. The molecule has 2 aromatic carbocycles. The highest BCUT2D eigenvalue weighted by Gasteiger charge is 2.25. The van der Waals surface area contributed by atoms with E-state index in [1.807, 2.05) is 12.1 Å². The van der Waals surface area contributed by atoms with Gasteiger partial charge in [-0.2, -0.15) is 0 Å². The monoisotopic (exact) mass is 453 g/mol. The second kappa shape index (κ2) is 9.31. The number of hydrogen-bond acceptors (Lipinski definition) is 7. The van der Waals surface area contributed by atoms with Gasteiger partial charge in [-0.1, -0.05) is 37.1 Å². The minimum absolute atomic E-state index is 0.277. The first-order chi connectivity index (χ1) is 15.4. The van der Waals surface area contributed by atoms with E-state index in [4.69, 9.17) is 0 Å². The zero-order valence-corrected chi connectivity index (χ0v) is 18.2. The number of nitrogens with zero attached hydrogens (tertiary/aromatic N) is 4. The molecule has 2 heterocycles. The average Bonchev–Trinajstić information content (AvgIpc) is 3.09. The third kappa shape index (κ3) is 4.86. The summed E-state index contributed by atoms with van der Waals surface area (Å²) in [5.74, 6) is 0.837. The largest absolute Gasteiger partial charge is 0.355 e. The Bertz CT molecular complexity index is 1210. The van der Waals surface area contributed by atoms with Gasteiger partial charge in [-0.25, -0.2) is 8.42 Å². The van der Waals surface area contributed by atoms with Crippen LogP contribution in [-0.2, 0) is 10.0 Å². The first kappa shape index (κ1) is 21.7. The Labute approximate surface area is 186 Å². The van der Waals surface area contributed by atoms with Crippen molar-refractivity contribution in [1.82, 2.24) is 10.2 Å². The van der Waals surface area contributed by atoms with Crippen molar-refractivity contribution in [1.29, 1.82) is 0 Å². The fourth-order valence-corrected chi connectivity index (χ4v) is 4.96. The van der Waals surface area contributed by atoms with Crippen molar-refractivity contribution in [2.45, 2.75) is 30.6 Å². The Morgan fingerprint density at radius 1 is 0.906 bits per heavy atom. The van der Waals surface area contributed by atoms with E-state index < -0.39 is 25.5 Å². The number of nitro benzene ring substituents is 1. The lowest BCUT2D eigenvalue weighted by Crippen LogP contribution is -2.25. The molecule has 0 radical (unpaired) electrons. The summed E-state index contributed by atoms with van der Waals surface area (Å²) in [6.07, 6.45) is 4.75. The number of para-hydroxylation sites is 1. The van der Waals surface area contributed by atoms with E-state index in [1.54, 1.807) is 24.3 Å². The molecule has 9 nitrogen and oxygen atoms in total. The maximum Gasteiger partial charge on any atom is 0.289 e. The van der Waals surface area contributed by atoms with Crippen molar-refractivity contribution in [3.05, 3.63) is 70.8 Å². The molecular weight excluding hydrogens is 430 g/mol. The van der Waals surface area contributed by atoms with Gasteiger partial charge in [-0.05, 0) is 43.2 Å². The van der Waals surface area contributed by atoms with E-state index >= 15 is 0 Å². The molecule has 1 aromatic heterocycles. The molecule has 3 aromatic rings. The lowest BCUT2D eigenvalue weighted by molar-refractivity contribution is -0.387. The standard InChI is InChI=1S/C22H23N5O4S/c28-27(29)20-10-3-4-11-21(20)32(30,31)25-18-9-7-8-17(16-18)19-12-13-22(24-23-19)26-14-5-1-2-6-15-26/h3-4,7-13,16,25H,1-2,5-6,14-15H2. The molecule has 0 bridgehead atoms. The van der Waals surface area contributed by atoms with E-state index in [-0.39, 0.29) is 5.69 Å². The van der Waals surface area contributed by atoms with Gasteiger partial charge in [0.1, 0.15) is 0 Å². The summed E-state index contributed by atoms with van der Waals surface area (Å²) in [6.45, 7) is 1.94. The van der Waals surface area contributed by atoms with Crippen LogP contribution in [-0.4, -0.2) is 36.6 Å². The summed E-state index contributed by atoms with van der Waals surface area (Å²) in [6, 6.07) is 15.7. The molecule has 4 rings (SSSR count). The molecule has 1 saturated heterocycles. The van der Waals surface area contributed by atoms with Gasteiger partial charge >= 0.3 is 0 Å². The minimum atomic E-state index is -4.15. The van der Waals surface area contributed by atoms with Crippen LogP contribution < -0.4 is 9.62 Å². The van der Waals surface area contributed by atoms with Crippen LogP contribution in [0.25, 0.3) is 11.3 Å².